The Morgan fingerprint density at radius 1 is 1.29 bits per heavy atom. The van der Waals surface area contributed by atoms with Gasteiger partial charge >= 0.3 is 0 Å². The van der Waals surface area contributed by atoms with E-state index in [-0.39, 0.29) is 18.6 Å². The van der Waals surface area contributed by atoms with Crippen molar-refractivity contribution in [1.82, 2.24) is 15.1 Å². The lowest BCUT2D eigenvalue weighted by molar-refractivity contribution is 0.0899. The van der Waals surface area contributed by atoms with Gasteiger partial charge in [-0.15, -0.1) is 0 Å². The number of rotatable bonds is 6. The van der Waals surface area contributed by atoms with Crippen LogP contribution in [0.4, 0.5) is 0 Å². The first kappa shape index (κ1) is 16.7. The molecular formula is C19H25N3O2. The number of benzene rings is 1. The molecule has 5 nitrogen and oxygen atoms in total. The first-order chi connectivity index (χ1) is 11.8. The Labute approximate surface area is 142 Å². The summed E-state index contributed by atoms with van der Waals surface area (Å²) in [7, 11) is 0. The number of aromatic nitrogens is 2. The molecule has 128 valence electrons. The van der Waals surface area contributed by atoms with Crippen molar-refractivity contribution in [3.05, 3.63) is 48.3 Å². The summed E-state index contributed by atoms with van der Waals surface area (Å²) in [5, 5.41) is 16.7. The van der Waals surface area contributed by atoms with Crippen molar-refractivity contribution in [2.45, 2.75) is 44.6 Å². The van der Waals surface area contributed by atoms with Gasteiger partial charge in [-0.1, -0.05) is 25.3 Å². The highest BCUT2D eigenvalue weighted by atomic mass is 16.3. The van der Waals surface area contributed by atoms with E-state index in [0.29, 0.717) is 17.9 Å². The van der Waals surface area contributed by atoms with Gasteiger partial charge < -0.3 is 10.4 Å². The van der Waals surface area contributed by atoms with Gasteiger partial charge in [0.05, 0.1) is 5.69 Å². The summed E-state index contributed by atoms with van der Waals surface area (Å²) >= 11 is 0. The van der Waals surface area contributed by atoms with Gasteiger partial charge in [0, 0.05) is 30.6 Å². The molecule has 1 aliphatic rings. The van der Waals surface area contributed by atoms with E-state index in [2.05, 4.69) is 10.4 Å². The molecule has 1 aromatic carbocycles. The maximum Gasteiger partial charge on any atom is 0.251 e. The highest BCUT2D eigenvalue weighted by molar-refractivity contribution is 5.94. The molecule has 0 bridgehead atoms. The van der Waals surface area contributed by atoms with E-state index in [1.165, 1.54) is 19.3 Å². The Balaban J connectivity index is 1.71. The van der Waals surface area contributed by atoms with Gasteiger partial charge in [-0.2, -0.15) is 5.10 Å². The molecule has 1 aromatic heterocycles. The fourth-order valence-corrected chi connectivity index (χ4v) is 3.56. The van der Waals surface area contributed by atoms with Crippen molar-refractivity contribution in [3.63, 3.8) is 0 Å². The largest absolute Gasteiger partial charge is 0.396 e. The molecule has 1 aliphatic carbocycles. The van der Waals surface area contributed by atoms with E-state index >= 15 is 0 Å². The summed E-state index contributed by atoms with van der Waals surface area (Å²) in [6.45, 7) is 0.106. The minimum absolute atomic E-state index is 0.0520. The Kier molecular flexibility index (Phi) is 5.64. The van der Waals surface area contributed by atoms with E-state index in [0.717, 1.165) is 18.5 Å². The normalized spacial score (nSPS) is 16.7. The minimum atomic E-state index is -0.0759. The lowest BCUT2D eigenvalue weighted by Gasteiger charge is -2.30. The zero-order valence-corrected chi connectivity index (χ0v) is 13.9. The third kappa shape index (κ3) is 4.03. The molecule has 5 heteroatoms. The summed E-state index contributed by atoms with van der Waals surface area (Å²) in [4.78, 5) is 12.7. The van der Waals surface area contributed by atoms with Crippen molar-refractivity contribution in [1.29, 1.82) is 0 Å². The second kappa shape index (κ2) is 8.11. The van der Waals surface area contributed by atoms with E-state index < -0.39 is 0 Å². The summed E-state index contributed by atoms with van der Waals surface area (Å²) < 4.78 is 1.74. The van der Waals surface area contributed by atoms with Crippen LogP contribution in [0.5, 0.6) is 0 Å². The molecule has 0 aliphatic heterocycles. The number of aliphatic hydroxyl groups is 1. The molecule has 1 fully saturated rings. The topological polar surface area (TPSA) is 67.2 Å². The van der Waals surface area contributed by atoms with Crippen molar-refractivity contribution in [2.75, 3.05) is 6.61 Å². The fraction of sp³-hybridized carbons (Fsp3) is 0.474. The summed E-state index contributed by atoms with van der Waals surface area (Å²) in [6.07, 6.45) is 10.2. The Hall–Kier alpha value is -2.14. The van der Waals surface area contributed by atoms with Gasteiger partial charge in [0.15, 0.2) is 0 Å². The molecule has 0 spiro atoms. The lowest BCUT2D eigenvalue weighted by atomic mass is 9.82. The van der Waals surface area contributed by atoms with Gasteiger partial charge in [-0.05, 0) is 49.4 Å². The minimum Gasteiger partial charge on any atom is -0.396 e. The Bertz CT molecular complexity index is 648. The number of aliphatic hydroxyl groups excluding tert-OH is 1. The zero-order valence-electron chi connectivity index (χ0n) is 13.9. The molecule has 0 saturated heterocycles. The first-order valence-corrected chi connectivity index (χ1v) is 8.80. The van der Waals surface area contributed by atoms with Crippen LogP contribution >= 0.6 is 0 Å². The molecule has 24 heavy (non-hydrogen) atoms. The standard InChI is InChI=1S/C19H25N3O2/c23-13-10-18(15-6-2-1-3-7-15)21-19(24)16-8-4-9-17(14-16)22-12-5-11-20-22/h4-5,8-9,11-12,14-15,18,23H,1-3,6-7,10,13H2,(H,21,24). The number of hydrogen-bond acceptors (Lipinski definition) is 3. The molecule has 1 atom stereocenters. The second-order valence-corrected chi connectivity index (χ2v) is 6.49. The van der Waals surface area contributed by atoms with Crippen molar-refractivity contribution >= 4 is 5.91 Å². The second-order valence-electron chi connectivity index (χ2n) is 6.49. The molecule has 2 N–H and O–H groups in total. The van der Waals surface area contributed by atoms with Gasteiger partial charge in [0.2, 0.25) is 0 Å². The van der Waals surface area contributed by atoms with Crippen LogP contribution in [0.15, 0.2) is 42.7 Å². The van der Waals surface area contributed by atoms with Crippen molar-refractivity contribution in [3.8, 4) is 5.69 Å². The van der Waals surface area contributed by atoms with E-state index in [9.17, 15) is 9.90 Å². The third-order valence-electron chi connectivity index (χ3n) is 4.85. The fourth-order valence-electron chi connectivity index (χ4n) is 3.56. The highest BCUT2D eigenvalue weighted by Gasteiger charge is 2.25. The smallest absolute Gasteiger partial charge is 0.251 e. The van der Waals surface area contributed by atoms with E-state index in [1.54, 1.807) is 10.9 Å². The van der Waals surface area contributed by atoms with Crippen LogP contribution in [0.25, 0.3) is 5.69 Å². The molecule has 2 aromatic rings. The highest BCUT2D eigenvalue weighted by Crippen LogP contribution is 2.28. The molecule has 3 rings (SSSR count). The van der Waals surface area contributed by atoms with Gasteiger partial charge in [0.25, 0.3) is 5.91 Å². The van der Waals surface area contributed by atoms with Gasteiger partial charge in [-0.25, -0.2) is 4.68 Å². The average molecular weight is 327 g/mol. The SMILES string of the molecule is O=C(NC(CCO)C1CCCCC1)c1cccc(-n2cccn2)c1. The van der Waals surface area contributed by atoms with Crippen LogP contribution in [0, 0.1) is 5.92 Å². The molecule has 1 amide bonds. The molecule has 0 radical (unpaired) electrons. The molecule has 1 heterocycles. The number of nitrogens with one attached hydrogen (secondary N) is 1. The summed E-state index contributed by atoms with van der Waals surface area (Å²) in [5.41, 5.74) is 1.49. The number of carbonyl (C=O) groups is 1. The van der Waals surface area contributed by atoms with Crippen LogP contribution < -0.4 is 5.32 Å². The van der Waals surface area contributed by atoms with Crippen molar-refractivity contribution < 1.29 is 9.90 Å². The maximum absolute atomic E-state index is 12.7. The maximum atomic E-state index is 12.7. The quantitative estimate of drug-likeness (QED) is 0.857. The van der Waals surface area contributed by atoms with Crippen LogP contribution in [0.3, 0.4) is 0 Å². The predicted octanol–water partition coefficient (Wildman–Crippen LogP) is 2.93. The summed E-state index contributed by atoms with van der Waals surface area (Å²) in [5.74, 6) is 0.400. The molecule has 1 unspecified atom stereocenters. The van der Waals surface area contributed by atoms with Gasteiger partial charge in [0.1, 0.15) is 0 Å². The monoisotopic (exact) mass is 327 g/mol. The van der Waals surface area contributed by atoms with Crippen LogP contribution in [-0.2, 0) is 0 Å². The number of amides is 1. The number of carbonyl (C=O) groups excluding carboxylic acids is 1. The molecule has 1 saturated carbocycles. The first-order valence-electron chi connectivity index (χ1n) is 8.80. The van der Waals surface area contributed by atoms with E-state index in [4.69, 9.17) is 0 Å². The Morgan fingerprint density at radius 3 is 2.83 bits per heavy atom. The van der Waals surface area contributed by atoms with Gasteiger partial charge in [-0.3, -0.25) is 4.79 Å². The molecular weight excluding hydrogens is 302 g/mol. The summed E-state index contributed by atoms with van der Waals surface area (Å²) in [6, 6.07) is 9.37. The number of hydrogen-bond donors (Lipinski definition) is 2. The van der Waals surface area contributed by atoms with Crippen LogP contribution in [-0.4, -0.2) is 33.4 Å². The predicted molar refractivity (Wildman–Crippen MR) is 93.1 cm³/mol. The van der Waals surface area contributed by atoms with Crippen LogP contribution in [0.1, 0.15) is 48.9 Å². The number of nitrogens with zero attached hydrogens (tertiary/aromatic N) is 2. The zero-order chi connectivity index (χ0) is 16.8. The average Bonchev–Trinajstić information content (AvgIpc) is 3.17. The van der Waals surface area contributed by atoms with Crippen molar-refractivity contribution in [2.24, 2.45) is 5.92 Å². The lowest BCUT2D eigenvalue weighted by Crippen LogP contribution is -2.41. The van der Waals surface area contributed by atoms with E-state index in [1.807, 2.05) is 36.5 Å². The third-order valence-corrected chi connectivity index (χ3v) is 4.85. The van der Waals surface area contributed by atoms with Crippen LogP contribution in [0.2, 0.25) is 0 Å². The Morgan fingerprint density at radius 2 is 2.12 bits per heavy atom.